The predicted molar refractivity (Wildman–Crippen MR) is 113 cm³/mol. The Morgan fingerprint density at radius 3 is 2.72 bits per heavy atom. The molecule has 1 amide bonds. The number of H-pyrrole nitrogens is 2. The molecule has 29 heavy (non-hydrogen) atoms. The Bertz CT molecular complexity index is 1240. The highest BCUT2D eigenvalue weighted by Gasteiger charge is 2.16. The van der Waals surface area contributed by atoms with Crippen molar-refractivity contribution < 1.29 is 9.53 Å². The third kappa shape index (κ3) is 3.64. The zero-order valence-electron chi connectivity index (χ0n) is 16.4. The van der Waals surface area contributed by atoms with Crippen molar-refractivity contribution in [2.75, 3.05) is 26.8 Å². The quantitative estimate of drug-likeness (QED) is 0.529. The fourth-order valence-corrected chi connectivity index (χ4v) is 3.39. The van der Waals surface area contributed by atoms with E-state index in [1.54, 1.807) is 18.1 Å². The molecule has 4 rings (SSSR count). The highest BCUT2D eigenvalue weighted by Crippen LogP contribution is 2.23. The van der Waals surface area contributed by atoms with Gasteiger partial charge in [0.1, 0.15) is 0 Å². The molecule has 0 saturated heterocycles. The van der Waals surface area contributed by atoms with Gasteiger partial charge in [0.25, 0.3) is 11.5 Å². The van der Waals surface area contributed by atoms with Crippen LogP contribution in [0.1, 0.15) is 17.3 Å². The largest absolute Gasteiger partial charge is 0.383 e. The summed E-state index contributed by atoms with van der Waals surface area (Å²) in [5.74, 6) is -0.0455. The molecule has 148 valence electrons. The minimum atomic E-state index is -0.261. The van der Waals surface area contributed by atoms with Crippen LogP contribution in [0, 0.1) is 0 Å². The van der Waals surface area contributed by atoms with E-state index in [-0.39, 0.29) is 11.5 Å². The Morgan fingerprint density at radius 1 is 1.10 bits per heavy atom. The Morgan fingerprint density at radius 2 is 1.93 bits per heavy atom. The van der Waals surface area contributed by atoms with Crippen LogP contribution in [0.25, 0.3) is 33.3 Å². The second kappa shape index (κ2) is 7.89. The van der Waals surface area contributed by atoms with Gasteiger partial charge in [-0.3, -0.25) is 9.59 Å². The summed E-state index contributed by atoms with van der Waals surface area (Å²) >= 11 is 0. The average Bonchev–Trinajstić information content (AvgIpc) is 3.16. The molecule has 7 nitrogen and oxygen atoms in total. The Hall–Kier alpha value is -3.45. The maximum atomic E-state index is 12.8. The number of rotatable bonds is 6. The van der Waals surface area contributed by atoms with Gasteiger partial charge in [0.2, 0.25) is 0 Å². The number of nitrogens with one attached hydrogen (secondary N) is 2. The molecule has 0 saturated carbocycles. The van der Waals surface area contributed by atoms with Crippen LogP contribution in [0.3, 0.4) is 0 Å². The summed E-state index contributed by atoms with van der Waals surface area (Å²) in [6, 6.07) is 14.7. The van der Waals surface area contributed by atoms with Gasteiger partial charge in [-0.05, 0) is 43.3 Å². The van der Waals surface area contributed by atoms with Gasteiger partial charge in [0.15, 0.2) is 5.69 Å². The molecular weight excluding hydrogens is 368 g/mol. The second-order valence-electron chi connectivity index (χ2n) is 6.79. The minimum absolute atomic E-state index is 0.0455. The van der Waals surface area contributed by atoms with Crippen LogP contribution in [0.2, 0.25) is 0 Å². The van der Waals surface area contributed by atoms with Crippen LogP contribution in [-0.2, 0) is 4.74 Å². The number of fused-ring (bicyclic) bond motifs is 2. The number of benzene rings is 2. The van der Waals surface area contributed by atoms with Crippen LogP contribution in [0.15, 0.2) is 53.3 Å². The van der Waals surface area contributed by atoms with E-state index in [4.69, 9.17) is 4.74 Å². The third-order valence-electron chi connectivity index (χ3n) is 4.96. The number of para-hydroxylation sites is 2. The first-order valence-electron chi connectivity index (χ1n) is 9.51. The monoisotopic (exact) mass is 390 g/mol. The van der Waals surface area contributed by atoms with Gasteiger partial charge in [-0.1, -0.05) is 12.1 Å². The number of ether oxygens (including phenoxy) is 1. The van der Waals surface area contributed by atoms with E-state index in [1.165, 1.54) is 0 Å². The fourth-order valence-electron chi connectivity index (χ4n) is 3.39. The molecule has 2 N–H and O–H groups in total. The first-order chi connectivity index (χ1) is 14.1. The zero-order chi connectivity index (χ0) is 20.4. The van der Waals surface area contributed by atoms with Crippen molar-refractivity contribution >= 4 is 27.8 Å². The summed E-state index contributed by atoms with van der Waals surface area (Å²) < 4.78 is 5.09. The van der Waals surface area contributed by atoms with Crippen molar-refractivity contribution in [2.45, 2.75) is 6.92 Å². The van der Waals surface area contributed by atoms with Crippen molar-refractivity contribution in [3.8, 4) is 11.4 Å². The number of aromatic nitrogens is 3. The molecule has 2 heterocycles. The van der Waals surface area contributed by atoms with Gasteiger partial charge < -0.3 is 19.6 Å². The fraction of sp³-hybridized carbons (Fsp3) is 0.227. The average molecular weight is 390 g/mol. The molecule has 0 spiro atoms. The van der Waals surface area contributed by atoms with Gasteiger partial charge >= 0.3 is 0 Å². The summed E-state index contributed by atoms with van der Waals surface area (Å²) in [5, 5.41) is 0.850. The molecule has 7 heteroatoms. The topological polar surface area (TPSA) is 91.1 Å². The molecule has 0 aliphatic heterocycles. The lowest BCUT2D eigenvalue weighted by Gasteiger charge is -2.20. The van der Waals surface area contributed by atoms with Crippen molar-refractivity contribution in [3.63, 3.8) is 0 Å². The lowest BCUT2D eigenvalue weighted by Crippen LogP contribution is -2.33. The van der Waals surface area contributed by atoms with Crippen LogP contribution in [-0.4, -0.2) is 52.6 Å². The number of amides is 1. The van der Waals surface area contributed by atoms with Crippen LogP contribution in [0.4, 0.5) is 0 Å². The molecule has 0 aliphatic carbocycles. The third-order valence-corrected chi connectivity index (χ3v) is 4.96. The highest BCUT2D eigenvalue weighted by molar-refractivity contribution is 5.99. The van der Waals surface area contributed by atoms with Crippen molar-refractivity contribution in [1.29, 1.82) is 0 Å². The standard InChI is InChI=1S/C22H22N4O3/c1-3-26(10-11-29-2)22(28)14-8-9-16-15(12-14)13-19(23-16)20-21(27)25-18-7-5-4-6-17(18)24-20/h4-9,12-13,23H,3,10-11H2,1-2H3,(H,25,27). The predicted octanol–water partition coefficient (Wildman–Crippen LogP) is 3.18. The molecule has 4 aromatic rings. The molecular formula is C22H22N4O3. The maximum absolute atomic E-state index is 12.8. The van der Waals surface area contributed by atoms with E-state index in [0.717, 1.165) is 10.9 Å². The van der Waals surface area contributed by atoms with E-state index in [9.17, 15) is 9.59 Å². The summed E-state index contributed by atoms with van der Waals surface area (Å²) in [5.41, 5.74) is 3.52. The number of hydrogen-bond acceptors (Lipinski definition) is 4. The lowest BCUT2D eigenvalue weighted by atomic mass is 10.1. The summed E-state index contributed by atoms with van der Waals surface area (Å²) in [6.45, 7) is 3.58. The lowest BCUT2D eigenvalue weighted by molar-refractivity contribution is 0.0706. The number of carbonyl (C=O) groups is 1. The van der Waals surface area contributed by atoms with Gasteiger partial charge in [-0.25, -0.2) is 4.98 Å². The van der Waals surface area contributed by atoms with E-state index >= 15 is 0 Å². The highest BCUT2D eigenvalue weighted by atomic mass is 16.5. The van der Waals surface area contributed by atoms with Crippen LogP contribution in [0.5, 0.6) is 0 Å². The smallest absolute Gasteiger partial charge is 0.276 e. The minimum Gasteiger partial charge on any atom is -0.383 e. The zero-order valence-corrected chi connectivity index (χ0v) is 16.4. The van der Waals surface area contributed by atoms with Gasteiger partial charge in [-0.2, -0.15) is 0 Å². The molecule has 0 radical (unpaired) electrons. The molecule has 0 bridgehead atoms. The molecule has 2 aromatic heterocycles. The number of likely N-dealkylation sites (N-methyl/N-ethyl adjacent to an activating group) is 1. The van der Waals surface area contributed by atoms with Crippen LogP contribution < -0.4 is 5.56 Å². The van der Waals surface area contributed by atoms with E-state index in [2.05, 4.69) is 15.0 Å². The van der Waals surface area contributed by atoms with Crippen LogP contribution >= 0.6 is 0 Å². The Labute approximate surface area is 167 Å². The number of nitrogens with zero attached hydrogens (tertiary/aromatic N) is 2. The van der Waals surface area contributed by atoms with Crippen molar-refractivity contribution in [2.24, 2.45) is 0 Å². The Kier molecular flexibility index (Phi) is 5.14. The molecule has 0 unspecified atom stereocenters. The molecule has 0 fully saturated rings. The first kappa shape index (κ1) is 18.9. The van der Waals surface area contributed by atoms with E-state index in [0.29, 0.717) is 47.7 Å². The summed E-state index contributed by atoms with van der Waals surface area (Å²) in [4.78, 5) is 37.6. The van der Waals surface area contributed by atoms with Crippen molar-refractivity contribution in [1.82, 2.24) is 19.9 Å². The number of hydrogen-bond donors (Lipinski definition) is 2. The maximum Gasteiger partial charge on any atom is 0.276 e. The Balaban J connectivity index is 1.71. The number of methoxy groups -OCH3 is 1. The summed E-state index contributed by atoms with van der Waals surface area (Å²) in [7, 11) is 1.62. The summed E-state index contributed by atoms with van der Waals surface area (Å²) in [6.07, 6.45) is 0. The normalized spacial score (nSPS) is 11.2. The van der Waals surface area contributed by atoms with Gasteiger partial charge in [-0.15, -0.1) is 0 Å². The van der Waals surface area contributed by atoms with Gasteiger partial charge in [0.05, 0.1) is 23.3 Å². The SMILES string of the molecule is CCN(CCOC)C(=O)c1ccc2[nH]c(-c3nc4ccccc4[nH]c3=O)cc2c1. The number of carbonyl (C=O) groups excluding carboxylic acids is 1. The second-order valence-corrected chi connectivity index (χ2v) is 6.79. The van der Waals surface area contributed by atoms with Crippen molar-refractivity contribution in [3.05, 3.63) is 64.4 Å². The number of aromatic amines is 2. The van der Waals surface area contributed by atoms with Gasteiger partial charge in [0, 0.05) is 36.7 Å². The van der Waals surface area contributed by atoms with E-state index < -0.39 is 0 Å². The molecule has 2 aromatic carbocycles. The molecule has 0 aliphatic rings. The molecule has 0 atom stereocenters. The first-order valence-corrected chi connectivity index (χ1v) is 9.51. The van der Waals surface area contributed by atoms with E-state index in [1.807, 2.05) is 49.4 Å².